The third-order valence-electron chi connectivity index (χ3n) is 5.14. The van der Waals surface area contributed by atoms with Gasteiger partial charge in [0, 0.05) is 25.7 Å². The van der Waals surface area contributed by atoms with Crippen molar-refractivity contribution in [3.8, 4) is 22.8 Å². The van der Waals surface area contributed by atoms with Gasteiger partial charge < -0.3 is 14.4 Å². The lowest BCUT2D eigenvalue weighted by Gasteiger charge is -2.09. The molecule has 0 aliphatic carbocycles. The van der Waals surface area contributed by atoms with Crippen LogP contribution in [0, 0.1) is 17.4 Å². The van der Waals surface area contributed by atoms with Crippen LogP contribution in [-0.2, 0) is 4.79 Å². The van der Waals surface area contributed by atoms with Gasteiger partial charge in [0.2, 0.25) is 5.16 Å². The highest BCUT2D eigenvalue weighted by Crippen LogP contribution is 2.33. The third kappa shape index (κ3) is 5.16. The summed E-state index contributed by atoms with van der Waals surface area (Å²) < 4.78 is 8.62. The molecule has 2 aromatic heterocycles. The van der Waals surface area contributed by atoms with E-state index in [1.54, 1.807) is 31.4 Å². The van der Waals surface area contributed by atoms with Gasteiger partial charge in [0.15, 0.2) is 5.82 Å². The van der Waals surface area contributed by atoms with Crippen LogP contribution < -0.4 is 4.74 Å². The van der Waals surface area contributed by atoms with Gasteiger partial charge in [-0.25, -0.2) is 9.78 Å². The van der Waals surface area contributed by atoms with Crippen LogP contribution in [0.15, 0.2) is 58.6 Å². The average molecular weight is 607 g/mol. The normalized spacial score (nSPS) is 11.6. The Balaban J connectivity index is 1.66. The molecule has 0 aliphatic rings. The van der Waals surface area contributed by atoms with E-state index in [1.807, 2.05) is 44.2 Å². The van der Waals surface area contributed by atoms with Crippen LogP contribution >= 0.6 is 46.0 Å². The number of carbonyl (C=O) groups is 1. The molecule has 0 aliphatic heterocycles. The number of benzene rings is 2. The van der Waals surface area contributed by atoms with Crippen molar-refractivity contribution >= 4 is 58.0 Å². The fraction of sp³-hybridized carbons (Fsp3) is 0.125. The molecule has 2 aromatic carbocycles. The number of aromatic amines is 1. The number of aromatic nitrogens is 4. The first kappa shape index (κ1) is 24.4. The maximum atomic E-state index is 12.0. The first-order chi connectivity index (χ1) is 16.3. The van der Waals surface area contributed by atoms with E-state index in [0.717, 1.165) is 38.0 Å². The lowest BCUT2D eigenvalue weighted by Crippen LogP contribution is -2.00. The van der Waals surface area contributed by atoms with Crippen LogP contribution in [0.2, 0.25) is 5.02 Å². The smallest absolute Gasteiger partial charge is 0.342 e. The number of methoxy groups -OCH3 is 1. The molecule has 4 aromatic rings. The highest BCUT2D eigenvalue weighted by molar-refractivity contribution is 14.1. The number of hydrogen-bond donors (Lipinski definition) is 2. The van der Waals surface area contributed by atoms with Crippen molar-refractivity contribution in [2.75, 3.05) is 7.11 Å². The fourth-order valence-electron chi connectivity index (χ4n) is 3.57. The molecule has 7 nitrogen and oxygen atoms in total. The van der Waals surface area contributed by atoms with Crippen LogP contribution in [0.1, 0.15) is 17.0 Å². The zero-order chi connectivity index (χ0) is 24.4. The Morgan fingerprint density at radius 1 is 1.21 bits per heavy atom. The summed E-state index contributed by atoms with van der Waals surface area (Å²) in [6.45, 7) is 3.97. The summed E-state index contributed by atoms with van der Waals surface area (Å²) in [4.78, 5) is 16.6. The van der Waals surface area contributed by atoms with Crippen LogP contribution in [0.25, 0.3) is 23.2 Å². The number of thioether (sulfide) groups is 1. The predicted octanol–water partition coefficient (Wildman–Crippen LogP) is 6.36. The summed E-state index contributed by atoms with van der Waals surface area (Å²) in [5, 5.41) is 17.7. The van der Waals surface area contributed by atoms with E-state index >= 15 is 0 Å². The summed E-state index contributed by atoms with van der Waals surface area (Å²) in [6, 6.07) is 15.3. The zero-order valence-corrected chi connectivity index (χ0v) is 22.2. The van der Waals surface area contributed by atoms with E-state index in [2.05, 4.69) is 42.3 Å². The second-order valence-corrected chi connectivity index (χ2v) is 10.1. The van der Waals surface area contributed by atoms with Gasteiger partial charge in [-0.05, 0) is 108 Å². The van der Waals surface area contributed by atoms with Crippen LogP contribution in [0.4, 0.5) is 0 Å². The first-order valence-electron chi connectivity index (χ1n) is 10.1. The minimum atomic E-state index is -1.06. The number of nitrogens with zero attached hydrogens (tertiary/aromatic N) is 3. The lowest BCUT2D eigenvalue weighted by molar-refractivity contribution is -0.131. The molecule has 0 saturated carbocycles. The number of aliphatic carboxylic acids is 1. The second-order valence-electron chi connectivity index (χ2n) is 7.37. The van der Waals surface area contributed by atoms with Crippen LogP contribution in [0.5, 0.6) is 5.75 Å². The molecule has 0 bridgehead atoms. The number of aryl methyl sites for hydroxylation is 1. The van der Waals surface area contributed by atoms with Gasteiger partial charge in [-0.3, -0.25) is 5.10 Å². The fourth-order valence-corrected chi connectivity index (χ4v) is 4.80. The van der Waals surface area contributed by atoms with Crippen molar-refractivity contribution < 1.29 is 14.6 Å². The van der Waals surface area contributed by atoms with Crippen LogP contribution in [-0.4, -0.2) is 37.9 Å². The van der Waals surface area contributed by atoms with E-state index in [9.17, 15) is 9.90 Å². The summed E-state index contributed by atoms with van der Waals surface area (Å²) in [5.74, 6) is -0.0478. The molecular formula is C24H20ClIN4O3S. The minimum absolute atomic E-state index is 0.103. The standard InChI is InChI=1S/C24H20ClIN4O3S/c1-13-10-15(14(2)30(13)18-7-5-17(26)6-8-18)11-21(23(31)32)34-24-27-22(28-29-24)19-12-16(25)4-9-20(19)33-3/h4-12H,1-3H3,(H,31,32)(H,27,28,29)/b21-11-. The largest absolute Gasteiger partial charge is 0.496 e. The second kappa shape index (κ2) is 10.2. The van der Waals surface area contributed by atoms with E-state index in [0.29, 0.717) is 22.2 Å². The monoisotopic (exact) mass is 606 g/mol. The summed E-state index contributed by atoms with van der Waals surface area (Å²) in [5.41, 5.74) is 4.42. The predicted molar refractivity (Wildman–Crippen MR) is 143 cm³/mol. The Bertz CT molecular complexity index is 1400. The Labute approximate surface area is 219 Å². The van der Waals surface area contributed by atoms with Gasteiger partial charge in [-0.15, -0.1) is 5.10 Å². The Kier molecular flexibility index (Phi) is 7.34. The molecule has 174 valence electrons. The topological polar surface area (TPSA) is 93.0 Å². The number of carboxylic acids is 1. The summed E-state index contributed by atoms with van der Waals surface area (Å²) in [6.07, 6.45) is 1.65. The molecule has 10 heteroatoms. The van der Waals surface area contributed by atoms with Crippen LogP contribution in [0.3, 0.4) is 0 Å². The number of hydrogen-bond acceptors (Lipinski definition) is 5. The number of H-pyrrole nitrogens is 1. The first-order valence-corrected chi connectivity index (χ1v) is 12.4. The summed E-state index contributed by atoms with van der Waals surface area (Å²) >= 11 is 9.35. The van der Waals surface area contributed by atoms with Gasteiger partial charge in [-0.1, -0.05) is 11.6 Å². The molecule has 0 atom stereocenters. The van der Waals surface area contributed by atoms with Crippen molar-refractivity contribution in [2.24, 2.45) is 0 Å². The van der Waals surface area contributed by atoms with Gasteiger partial charge >= 0.3 is 5.97 Å². The highest BCUT2D eigenvalue weighted by Gasteiger charge is 2.18. The van der Waals surface area contributed by atoms with Crippen molar-refractivity contribution in [1.82, 2.24) is 19.7 Å². The number of nitrogens with one attached hydrogen (secondary N) is 1. The van der Waals surface area contributed by atoms with Crippen molar-refractivity contribution in [1.29, 1.82) is 0 Å². The Morgan fingerprint density at radius 2 is 1.94 bits per heavy atom. The molecule has 0 fully saturated rings. The molecule has 0 spiro atoms. The van der Waals surface area contributed by atoms with Gasteiger partial charge in [0.25, 0.3) is 0 Å². The molecular weight excluding hydrogens is 587 g/mol. The highest BCUT2D eigenvalue weighted by atomic mass is 127. The Morgan fingerprint density at radius 3 is 2.62 bits per heavy atom. The number of rotatable bonds is 7. The molecule has 34 heavy (non-hydrogen) atoms. The SMILES string of the molecule is COc1ccc(Cl)cc1-c1nc(S/C(=C\c2cc(C)n(-c3ccc(I)cc3)c2C)C(=O)O)n[nH]1. The maximum Gasteiger partial charge on any atom is 0.342 e. The quantitative estimate of drug-likeness (QED) is 0.144. The minimum Gasteiger partial charge on any atom is -0.496 e. The molecule has 0 amide bonds. The molecule has 0 unspecified atom stereocenters. The van der Waals surface area contributed by atoms with E-state index < -0.39 is 5.97 Å². The molecule has 4 rings (SSSR count). The van der Waals surface area contributed by atoms with Crippen molar-refractivity contribution in [2.45, 2.75) is 19.0 Å². The number of ether oxygens (including phenoxy) is 1. The van der Waals surface area contributed by atoms with E-state index in [-0.39, 0.29) is 10.1 Å². The average Bonchev–Trinajstić information content (AvgIpc) is 3.38. The van der Waals surface area contributed by atoms with E-state index in [4.69, 9.17) is 16.3 Å². The Hall–Kier alpha value is -2.76. The van der Waals surface area contributed by atoms with E-state index in [1.165, 1.54) is 0 Å². The maximum absolute atomic E-state index is 12.0. The molecule has 2 heterocycles. The number of carboxylic acid groups (broad SMARTS) is 1. The summed E-state index contributed by atoms with van der Waals surface area (Å²) in [7, 11) is 1.55. The van der Waals surface area contributed by atoms with Gasteiger partial charge in [0.1, 0.15) is 10.7 Å². The third-order valence-corrected chi connectivity index (χ3v) is 6.97. The van der Waals surface area contributed by atoms with Crippen molar-refractivity contribution in [3.05, 3.63) is 79.0 Å². The van der Waals surface area contributed by atoms with Gasteiger partial charge in [0.05, 0.1) is 12.7 Å². The molecule has 0 radical (unpaired) electrons. The molecule has 2 N–H and O–H groups in total. The van der Waals surface area contributed by atoms with Crippen molar-refractivity contribution in [3.63, 3.8) is 0 Å². The molecule has 0 saturated heterocycles. The lowest BCUT2D eigenvalue weighted by atomic mass is 10.2. The zero-order valence-electron chi connectivity index (χ0n) is 18.5. The number of halogens is 2. The van der Waals surface area contributed by atoms with Gasteiger partial charge in [-0.2, -0.15) is 0 Å².